The van der Waals surface area contributed by atoms with Crippen LogP contribution in [0.1, 0.15) is 0 Å². The zero-order valence-corrected chi connectivity index (χ0v) is 6.04. The van der Waals surface area contributed by atoms with Gasteiger partial charge in [0.1, 0.15) is 0 Å². The Balaban J connectivity index is 0.000000480. The molecule has 0 saturated heterocycles. The van der Waals surface area contributed by atoms with Gasteiger partial charge in [-0.15, -0.1) is 0 Å². The second kappa shape index (κ2) is 1.80. The largest absolute Gasteiger partial charge is 0.344 e. The molecule has 11 heavy (non-hydrogen) atoms. The van der Waals surface area contributed by atoms with E-state index in [0.29, 0.717) is 0 Å². The van der Waals surface area contributed by atoms with Crippen LogP contribution in [0.5, 0.6) is 0 Å². The molecule has 0 fully saturated rings. The van der Waals surface area contributed by atoms with Gasteiger partial charge in [-0.3, -0.25) is 4.98 Å². The van der Waals surface area contributed by atoms with E-state index >= 15 is 0 Å². The van der Waals surface area contributed by atoms with Gasteiger partial charge in [0, 0.05) is 11.6 Å². The summed E-state index contributed by atoms with van der Waals surface area (Å²) in [7, 11) is 0. The Morgan fingerprint density at radius 1 is 1.09 bits per heavy atom. The summed E-state index contributed by atoms with van der Waals surface area (Å²) in [6.07, 6.45) is 1.87. The first-order chi connectivity index (χ1) is 4.95. The molecule has 3 N–H and O–H groups in total. The lowest BCUT2D eigenvalue weighted by atomic mass is 9.91. The fourth-order valence-electron chi connectivity index (χ4n) is 1.49. The highest BCUT2D eigenvalue weighted by Crippen LogP contribution is 2.37. The van der Waals surface area contributed by atoms with Gasteiger partial charge in [-0.25, -0.2) is 0 Å². The van der Waals surface area contributed by atoms with E-state index in [1.54, 1.807) is 0 Å². The van der Waals surface area contributed by atoms with Crippen LogP contribution in [0.3, 0.4) is 0 Å². The number of pyridine rings is 1. The van der Waals surface area contributed by atoms with E-state index in [4.69, 9.17) is 0 Å². The van der Waals surface area contributed by atoms with Crippen molar-refractivity contribution in [2.75, 3.05) is 0 Å². The smallest absolute Gasteiger partial charge is 0.0708 e. The van der Waals surface area contributed by atoms with Crippen molar-refractivity contribution in [2.45, 2.75) is 0 Å². The van der Waals surface area contributed by atoms with Crippen LogP contribution in [-0.4, -0.2) is 4.98 Å². The lowest BCUT2D eigenvalue weighted by Gasteiger charge is -2.15. The molecule has 3 rings (SSSR count). The summed E-state index contributed by atoms with van der Waals surface area (Å²) in [6.45, 7) is 0. The molecule has 0 atom stereocenters. The Morgan fingerprint density at radius 2 is 2.00 bits per heavy atom. The molecule has 1 aliphatic carbocycles. The van der Waals surface area contributed by atoms with Gasteiger partial charge < -0.3 is 6.15 Å². The molecule has 0 aliphatic heterocycles. The van der Waals surface area contributed by atoms with Gasteiger partial charge in [0.05, 0.1) is 5.52 Å². The van der Waals surface area contributed by atoms with Gasteiger partial charge in [-0.2, -0.15) is 0 Å². The minimum absolute atomic E-state index is 0. The van der Waals surface area contributed by atoms with E-state index in [1.807, 2.05) is 6.20 Å². The number of aromatic nitrogens is 1. The topological polar surface area (TPSA) is 47.9 Å². The quantitative estimate of drug-likeness (QED) is 0.526. The third kappa shape index (κ3) is 0.570. The van der Waals surface area contributed by atoms with Crippen molar-refractivity contribution in [1.82, 2.24) is 11.1 Å². The molecule has 0 radical (unpaired) electrons. The number of fused-ring (bicyclic) bond motifs is 2. The number of rotatable bonds is 0. The Bertz CT molecular complexity index is 408. The number of benzene rings is 2. The second-order valence-electron chi connectivity index (χ2n) is 2.59. The van der Waals surface area contributed by atoms with Gasteiger partial charge in [0.15, 0.2) is 0 Å². The average Bonchev–Trinajstić information content (AvgIpc) is 1.96. The highest BCUT2D eigenvalue weighted by atomic mass is 14.7. The van der Waals surface area contributed by atoms with E-state index in [1.165, 1.54) is 16.5 Å². The van der Waals surface area contributed by atoms with E-state index in [0.717, 1.165) is 5.52 Å². The SMILES string of the molecule is N.c1cc2c3cc-2ccc3n1. The molecule has 54 valence electrons. The summed E-state index contributed by atoms with van der Waals surface area (Å²) in [4.78, 5) is 4.22. The van der Waals surface area contributed by atoms with Gasteiger partial charge in [-0.05, 0) is 29.3 Å². The zero-order chi connectivity index (χ0) is 6.55. The van der Waals surface area contributed by atoms with Crippen molar-refractivity contribution in [3.63, 3.8) is 0 Å². The normalized spacial score (nSPS) is 10.9. The van der Waals surface area contributed by atoms with Crippen molar-refractivity contribution in [1.29, 1.82) is 0 Å². The first-order valence-corrected chi connectivity index (χ1v) is 3.34. The molecule has 2 heteroatoms. The second-order valence-corrected chi connectivity index (χ2v) is 2.59. The molecule has 1 aromatic carbocycles. The Kier molecular flexibility index (Phi) is 1.03. The maximum Gasteiger partial charge on any atom is 0.0708 e. The van der Waals surface area contributed by atoms with E-state index in [-0.39, 0.29) is 6.15 Å². The first kappa shape index (κ1) is 6.31. The molecule has 1 aromatic heterocycles. The van der Waals surface area contributed by atoms with E-state index < -0.39 is 0 Å². The Hall–Kier alpha value is -1.41. The van der Waals surface area contributed by atoms with Crippen LogP contribution in [0.4, 0.5) is 0 Å². The van der Waals surface area contributed by atoms with Crippen molar-refractivity contribution < 1.29 is 0 Å². The summed E-state index contributed by atoms with van der Waals surface area (Å²) >= 11 is 0. The van der Waals surface area contributed by atoms with Crippen molar-refractivity contribution in [2.24, 2.45) is 0 Å². The molecule has 0 saturated carbocycles. The first-order valence-electron chi connectivity index (χ1n) is 3.34. The van der Waals surface area contributed by atoms with Crippen LogP contribution >= 0.6 is 0 Å². The molecule has 0 spiro atoms. The molecule has 2 nitrogen and oxygen atoms in total. The number of hydrogen-bond acceptors (Lipinski definition) is 2. The Morgan fingerprint density at radius 3 is 2.64 bits per heavy atom. The van der Waals surface area contributed by atoms with E-state index in [9.17, 15) is 0 Å². The van der Waals surface area contributed by atoms with Gasteiger partial charge >= 0.3 is 0 Å². The molecular weight excluding hydrogens is 136 g/mol. The van der Waals surface area contributed by atoms with Crippen LogP contribution in [0.2, 0.25) is 0 Å². The number of nitrogens with zero attached hydrogens (tertiary/aromatic N) is 1. The van der Waals surface area contributed by atoms with Gasteiger partial charge in [0.2, 0.25) is 0 Å². The fourth-order valence-corrected chi connectivity index (χ4v) is 1.49. The van der Waals surface area contributed by atoms with Crippen LogP contribution < -0.4 is 6.15 Å². The average molecular weight is 144 g/mol. The maximum absolute atomic E-state index is 4.22. The molecule has 1 heterocycles. The molecule has 1 aliphatic rings. The minimum atomic E-state index is 0. The van der Waals surface area contributed by atoms with Crippen molar-refractivity contribution >= 4 is 10.9 Å². The van der Waals surface area contributed by atoms with Crippen LogP contribution in [-0.2, 0) is 0 Å². The van der Waals surface area contributed by atoms with E-state index in [2.05, 4.69) is 29.2 Å². The lowest BCUT2D eigenvalue weighted by Crippen LogP contribution is -1.92. The monoisotopic (exact) mass is 144 g/mol. The van der Waals surface area contributed by atoms with Gasteiger partial charge in [-0.1, -0.05) is 6.07 Å². The maximum atomic E-state index is 4.22. The third-order valence-corrected chi connectivity index (χ3v) is 2.05. The van der Waals surface area contributed by atoms with Crippen molar-refractivity contribution in [3.8, 4) is 11.1 Å². The fraction of sp³-hybridized carbons (Fsp3) is 0. The van der Waals surface area contributed by atoms with Crippen LogP contribution in [0, 0.1) is 0 Å². The summed E-state index contributed by atoms with van der Waals surface area (Å²) in [5.74, 6) is 0. The summed E-state index contributed by atoms with van der Waals surface area (Å²) in [5, 5.41) is 1.32. The highest BCUT2D eigenvalue weighted by Gasteiger charge is 2.12. The Labute approximate surface area is 64.5 Å². The molecule has 0 amide bonds. The predicted molar refractivity (Wildman–Crippen MR) is 45.8 cm³/mol. The third-order valence-electron chi connectivity index (χ3n) is 2.05. The predicted octanol–water partition coefficient (Wildman–Crippen LogP) is 2.38. The van der Waals surface area contributed by atoms with Crippen LogP contribution in [0.15, 0.2) is 30.5 Å². The zero-order valence-electron chi connectivity index (χ0n) is 6.04. The summed E-state index contributed by atoms with van der Waals surface area (Å²) in [6, 6.07) is 8.43. The molecule has 0 unspecified atom stereocenters. The lowest BCUT2D eigenvalue weighted by molar-refractivity contribution is 1.39. The van der Waals surface area contributed by atoms with Gasteiger partial charge in [0.25, 0.3) is 0 Å². The van der Waals surface area contributed by atoms with Crippen molar-refractivity contribution in [3.05, 3.63) is 30.5 Å². The summed E-state index contributed by atoms with van der Waals surface area (Å²) < 4.78 is 0. The molecular formula is C9H8N2. The summed E-state index contributed by atoms with van der Waals surface area (Å²) in [5.41, 5.74) is 3.84. The molecule has 2 bridgehead atoms. The molecule has 2 aromatic rings. The minimum Gasteiger partial charge on any atom is -0.344 e. The number of hydrogen-bond donors (Lipinski definition) is 1. The van der Waals surface area contributed by atoms with Crippen LogP contribution in [0.25, 0.3) is 22.0 Å². The highest BCUT2D eigenvalue weighted by molar-refractivity contribution is 6.04. The standard InChI is InChI=1S/C9H5N.H3N/c1-2-9-8-5-6(1)7(8)3-4-10-9;/h1-5H;1H3.